The van der Waals surface area contributed by atoms with Crippen molar-refractivity contribution >= 4 is 44.9 Å². The van der Waals surface area contributed by atoms with E-state index in [4.69, 9.17) is 4.74 Å². The van der Waals surface area contributed by atoms with Crippen molar-refractivity contribution in [1.82, 2.24) is 14.8 Å². The van der Waals surface area contributed by atoms with Crippen molar-refractivity contribution in [2.75, 3.05) is 17.7 Å². The SMILES string of the molecule is COCc1nnc(NC(=O)Cn2ccc3c(NC(C)=O)cccc32)s1. The molecule has 2 amide bonds. The van der Waals surface area contributed by atoms with Gasteiger partial charge in [0, 0.05) is 25.6 Å². The Morgan fingerprint density at radius 2 is 2.08 bits per heavy atom. The van der Waals surface area contributed by atoms with Crippen LogP contribution in [0.2, 0.25) is 0 Å². The lowest BCUT2D eigenvalue weighted by molar-refractivity contribution is -0.116. The van der Waals surface area contributed by atoms with E-state index in [0.717, 1.165) is 16.6 Å². The predicted octanol–water partition coefficient (Wildman–Crippen LogP) is 2.24. The summed E-state index contributed by atoms with van der Waals surface area (Å²) in [4.78, 5) is 23.5. The van der Waals surface area contributed by atoms with Crippen molar-refractivity contribution in [3.8, 4) is 0 Å². The number of amides is 2. The third kappa shape index (κ3) is 4.01. The number of ether oxygens (including phenoxy) is 1. The van der Waals surface area contributed by atoms with Crippen molar-refractivity contribution in [2.24, 2.45) is 0 Å². The Bertz CT molecular complexity index is 918. The number of hydrogen-bond donors (Lipinski definition) is 2. The lowest BCUT2D eigenvalue weighted by atomic mass is 10.2. The van der Waals surface area contributed by atoms with Crippen molar-refractivity contribution in [2.45, 2.75) is 20.1 Å². The molecule has 3 aromatic rings. The van der Waals surface area contributed by atoms with E-state index < -0.39 is 0 Å². The topological polar surface area (TPSA) is 98.1 Å². The zero-order valence-electron chi connectivity index (χ0n) is 13.8. The van der Waals surface area contributed by atoms with Gasteiger partial charge in [-0.25, -0.2) is 0 Å². The fourth-order valence-corrected chi connectivity index (χ4v) is 3.19. The number of carbonyl (C=O) groups is 2. The normalized spacial score (nSPS) is 10.8. The third-order valence-corrected chi connectivity index (χ3v) is 4.23. The van der Waals surface area contributed by atoms with Crippen LogP contribution in [0.25, 0.3) is 10.9 Å². The number of nitrogens with zero attached hydrogens (tertiary/aromatic N) is 3. The molecule has 2 heterocycles. The standard InChI is InChI=1S/C16H17N5O3S/c1-10(22)17-12-4-3-5-13-11(12)6-7-21(13)8-14(23)18-16-20-19-15(25-16)9-24-2/h3-7H,8-9H2,1-2H3,(H,17,22)(H,18,20,23). The van der Waals surface area contributed by atoms with Gasteiger partial charge in [-0.3, -0.25) is 14.9 Å². The highest BCUT2D eigenvalue weighted by Crippen LogP contribution is 2.24. The molecule has 2 N–H and O–H groups in total. The maximum Gasteiger partial charge on any atom is 0.246 e. The molecule has 25 heavy (non-hydrogen) atoms. The van der Waals surface area contributed by atoms with Crippen LogP contribution < -0.4 is 10.6 Å². The molecule has 130 valence electrons. The second kappa shape index (κ2) is 7.41. The number of nitrogens with one attached hydrogen (secondary N) is 2. The van der Waals surface area contributed by atoms with Crippen molar-refractivity contribution in [1.29, 1.82) is 0 Å². The van der Waals surface area contributed by atoms with Crippen LogP contribution in [0.4, 0.5) is 10.8 Å². The summed E-state index contributed by atoms with van der Waals surface area (Å²) in [7, 11) is 1.58. The zero-order chi connectivity index (χ0) is 17.8. The first kappa shape index (κ1) is 17.1. The van der Waals surface area contributed by atoms with Gasteiger partial charge >= 0.3 is 0 Å². The Morgan fingerprint density at radius 3 is 2.84 bits per heavy atom. The van der Waals surface area contributed by atoms with Gasteiger partial charge in [0.15, 0.2) is 0 Å². The summed E-state index contributed by atoms with van der Waals surface area (Å²) in [5, 5.41) is 15.4. The number of benzene rings is 1. The Hall–Kier alpha value is -2.78. The lowest BCUT2D eigenvalue weighted by Crippen LogP contribution is -2.18. The van der Waals surface area contributed by atoms with Crippen LogP contribution in [0, 0.1) is 0 Å². The molecule has 9 heteroatoms. The van der Waals surface area contributed by atoms with Gasteiger partial charge in [0.05, 0.1) is 11.2 Å². The molecular formula is C16H17N5O3S. The van der Waals surface area contributed by atoms with Crippen LogP contribution in [-0.2, 0) is 27.5 Å². The quantitative estimate of drug-likeness (QED) is 0.703. The van der Waals surface area contributed by atoms with Gasteiger partial charge in [0.25, 0.3) is 0 Å². The zero-order valence-corrected chi connectivity index (χ0v) is 14.6. The first-order valence-corrected chi connectivity index (χ1v) is 8.35. The largest absolute Gasteiger partial charge is 0.377 e. The van der Waals surface area contributed by atoms with Crippen molar-refractivity contribution in [3.63, 3.8) is 0 Å². The van der Waals surface area contributed by atoms with E-state index >= 15 is 0 Å². The van der Waals surface area contributed by atoms with Crippen LogP contribution in [0.5, 0.6) is 0 Å². The van der Waals surface area contributed by atoms with Crippen LogP contribution in [0.15, 0.2) is 30.5 Å². The summed E-state index contributed by atoms with van der Waals surface area (Å²) in [5.74, 6) is -0.344. The molecule has 0 aliphatic carbocycles. The van der Waals surface area contributed by atoms with Crippen LogP contribution in [0.1, 0.15) is 11.9 Å². The summed E-state index contributed by atoms with van der Waals surface area (Å²) in [5.41, 5.74) is 1.58. The van der Waals surface area contributed by atoms with Gasteiger partial charge in [0.2, 0.25) is 16.9 Å². The molecule has 0 spiro atoms. The number of rotatable bonds is 6. The molecule has 0 atom stereocenters. The molecular weight excluding hydrogens is 342 g/mol. The van der Waals surface area contributed by atoms with Gasteiger partial charge in [-0.15, -0.1) is 10.2 Å². The fourth-order valence-electron chi connectivity index (χ4n) is 2.46. The second-order valence-corrected chi connectivity index (χ2v) is 6.41. The average molecular weight is 359 g/mol. The van der Waals surface area contributed by atoms with E-state index in [1.165, 1.54) is 18.3 Å². The monoisotopic (exact) mass is 359 g/mol. The molecule has 0 saturated heterocycles. The van der Waals surface area contributed by atoms with Gasteiger partial charge in [0.1, 0.15) is 18.2 Å². The van der Waals surface area contributed by atoms with E-state index in [-0.39, 0.29) is 18.4 Å². The molecule has 8 nitrogen and oxygen atoms in total. The minimum atomic E-state index is -0.206. The Kier molecular flexibility index (Phi) is 5.05. The van der Waals surface area contributed by atoms with Crippen LogP contribution in [-0.4, -0.2) is 33.7 Å². The highest BCUT2D eigenvalue weighted by atomic mass is 32.1. The van der Waals surface area contributed by atoms with Crippen LogP contribution >= 0.6 is 11.3 Å². The summed E-state index contributed by atoms with van der Waals surface area (Å²) in [6, 6.07) is 7.43. The molecule has 2 aromatic heterocycles. The maximum absolute atomic E-state index is 12.3. The average Bonchev–Trinajstić information content (AvgIpc) is 3.15. The number of carbonyl (C=O) groups excluding carboxylic acids is 2. The molecule has 0 unspecified atom stereocenters. The molecule has 1 aromatic carbocycles. The summed E-state index contributed by atoms with van der Waals surface area (Å²) in [6.45, 7) is 1.96. The molecule has 0 aliphatic heterocycles. The molecule has 0 saturated carbocycles. The van der Waals surface area contributed by atoms with Gasteiger partial charge < -0.3 is 14.6 Å². The van der Waals surface area contributed by atoms with Gasteiger partial charge in [-0.1, -0.05) is 17.4 Å². The first-order chi connectivity index (χ1) is 12.1. The summed E-state index contributed by atoms with van der Waals surface area (Å²) >= 11 is 1.28. The molecule has 0 radical (unpaired) electrons. The lowest BCUT2D eigenvalue weighted by Gasteiger charge is -2.07. The van der Waals surface area contributed by atoms with E-state index in [1.54, 1.807) is 7.11 Å². The highest BCUT2D eigenvalue weighted by Gasteiger charge is 2.12. The highest BCUT2D eigenvalue weighted by molar-refractivity contribution is 7.15. The number of anilines is 2. The minimum absolute atomic E-state index is 0.131. The first-order valence-electron chi connectivity index (χ1n) is 7.53. The van der Waals surface area contributed by atoms with Gasteiger partial charge in [-0.2, -0.15) is 0 Å². The smallest absolute Gasteiger partial charge is 0.246 e. The van der Waals surface area contributed by atoms with Gasteiger partial charge in [-0.05, 0) is 18.2 Å². The summed E-state index contributed by atoms with van der Waals surface area (Å²) < 4.78 is 6.79. The predicted molar refractivity (Wildman–Crippen MR) is 95.5 cm³/mol. The molecule has 0 fully saturated rings. The molecule has 0 aliphatic rings. The van der Waals surface area contributed by atoms with E-state index in [0.29, 0.717) is 16.7 Å². The number of hydrogen-bond acceptors (Lipinski definition) is 6. The number of aromatic nitrogens is 3. The number of methoxy groups -OCH3 is 1. The fraction of sp³-hybridized carbons (Fsp3) is 0.250. The molecule has 0 bridgehead atoms. The third-order valence-electron chi connectivity index (χ3n) is 3.42. The minimum Gasteiger partial charge on any atom is -0.377 e. The van der Waals surface area contributed by atoms with E-state index in [9.17, 15) is 9.59 Å². The summed E-state index contributed by atoms with van der Waals surface area (Å²) in [6.07, 6.45) is 1.81. The Balaban J connectivity index is 1.73. The molecule has 3 rings (SSSR count). The maximum atomic E-state index is 12.3. The second-order valence-electron chi connectivity index (χ2n) is 5.35. The van der Waals surface area contributed by atoms with Crippen molar-refractivity contribution in [3.05, 3.63) is 35.5 Å². The van der Waals surface area contributed by atoms with E-state index in [2.05, 4.69) is 20.8 Å². The Labute approximate surface area is 147 Å². The van der Waals surface area contributed by atoms with Crippen LogP contribution in [0.3, 0.4) is 0 Å². The van der Waals surface area contributed by atoms with Crippen molar-refractivity contribution < 1.29 is 14.3 Å². The van der Waals surface area contributed by atoms with E-state index in [1.807, 2.05) is 35.0 Å². The number of fused-ring (bicyclic) bond motifs is 1. The Morgan fingerprint density at radius 1 is 1.24 bits per heavy atom.